The second-order valence-corrected chi connectivity index (χ2v) is 3.69. The van der Waals surface area contributed by atoms with Gasteiger partial charge < -0.3 is 9.64 Å². The molecule has 0 rings (SSSR count). The number of amides is 1. The number of hydrogen-bond acceptors (Lipinski definition) is 5. The van der Waals surface area contributed by atoms with E-state index in [2.05, 4.69) is 0 Å². The van der Waals surface area contributed by atoms with Crippen molar-refractivity contribution in [3.63, 3.8) is 0 Å². The molecule has 0 spiro atoms. The number of carbonyl (C=O) groups is 2. The number of carbonyl (C=O) groups excluding carboxylic acids is 2. The summed E-state index contributed by atoms with van der Waals surface area (Å²) in [5.74, 6) is -0.107. The summed E-state index contributed by atoms with van der Waals surface area (Å²) in [5, 5.41) is 8.26. The summed E-state index contributed by atoms with van der Waals surface area (Å²) >= 11 is 1.23. The van der Waals surface area contributed by atoms with Gasteiger partial charge in [0.1, 0.15) is 6.54 Å². The van der Waals surface area contributed by atoms with Gasteiger partial charge in [0.05, 0.1) is 24.2 Å². The van der Waals surface area contributed by atoms with Gasteiger partial charge in [0.15, 0.2) is 0 Å². The highest BCUT2D eigenvalue weighted by molar-refractivity contribution is 8.00. The fraction of sp³-hybridized carbons (Fsp3) is 0.667. The Labute approximate surface area is 93.4 Å². The van der Waals surface area contributed by atoms with E-state index in [1.807, 2.05) is 6.07 Å². The van der Waals surface area contributed by atoms with Crippen molar-refractivity contribution >= 4 is 23.6 Å². The van der Waals surface area contributed by atoms with Crippen molar-refractivity contribution in [2.45, 2.75) is 6.92 Å². The van der Waals surface area contributed by atoms with E-state index < -0.39 is 5.97 Å². The molecule has 6 heteroatoms. The number of rotatable bonds is 6. The Hall–Kier alpha value is -1.22. The summed E-state index contributed by atoms with van der Waals surface area (Å²) in [6.07, 6.45) is 0. The number of thioether (sulfide) groups is 1. The molecule has 84 valence electrons. The Bertz CT molecular complexity index is 263. The zero-order valence-corrected chi connectivity index (χ0v) is 9.67. The van der Waals surface area contributed by atoms with Crippen LogP contribution in [0.4, 0.5) is 0 Å². The molecule has 0 fully saturated rings. The highest BCUT2D eigenvalue weighted by Gasteiger charge is 2.12. The molecular weight excluding hydrogens is 216 g/mol. The summed E-state index contributed by atoms with van der Waals surface area (Å²) < 4.78 is 4.70. The van der Waals surface area contributed by atoms with Crippen LogP contribution in [0.15, 0.2) is 0 Å². The van der Waals surface area contributed by atoms with Crippen molar-refractivity contribution in [2.75, 3.05) is 31.7 Å². The largest absolute Gasteiger partial charge is 0.465 e. The van der Waals surface area contributed by atoms with Gasteiger partial charge in [-0.2, -0.15) is 5.26 Å². The van der Waals surface area contributed by atoms with Crippen molar-refractivity contribution in [1.82, 2.24) is 4.90 Å². The van der Waals surface area contributed by atoms with Crippen LogP contribution in [0.3, 0.4) is 0 Å². The fourth-order valence-corrected chi connectivity index (χ4v) is 1.37. The molecule has 0 aromatic heterocycles. The summed E-state index contributed by atoms with van der Waals surface area (Å²) in [6.45, 7) is 1.98. The Morgan fingerprint density at radius 1 is 1.53 bits per heavy atom. The molecule has 0 bridgehead atoms. The van der Waals surface area contributed by atoms with Crippen molar-refractivity contribution in [1.29, 1.82) is 5.26 Å². The van der Waals surface area contributed by atoms with E-state index in [-0.39, 0.29) is 24.0 Å². The number of hydrogen-bond donors (Lipinski definition) is 0. The van der Waals surface area contributed by atoms with Crippen LogP contribution in [0, 0.1) is 11.3 Å². The van der Waals surface area contributed by atoms with Gasteiger partial charge in [0.25, 0.3) is 0 Å². The van der Waals surface area contributed by atoms with Crippen molar-refractivity contribution < 1.29 is 14.3 Å². The lowest BCUT2D eigenvalue weighted by Gasteiger charge is -2.15. The van der Waals surface area contributed by atoms with Crippen LogP contribution in [0.25, 0.3) is 0 Å². The van der Waals surface area contributed by atoms with E-state index in [1.54, 1.807) is 6.92 Å². The minimum absolute atomic E-state index is 0.0419. The van der Waals surface area contributed by atoms with Crippen molar-refractivity contribution in [2.24, 2.45) is 0 Å². The number of nitrogens with zero attached hydrogens (tertiary/aromatic N) is 2. The normalized spacial score (nSPS) is 9.13. The maximum absolute atomic E-state index is 11.3. The average molecular weight is 230 g/mol. The predicted molar refractivity (Wildman–Crippen MR) is 57.2 cm³/mol. The first-order valence-corrected chi connectivity index (χ1v) is 5.61. The highest BCUT2D eigenvalue weighted by Crippen LogP contribution is 2.00. The Kier molecular flexibility index (Phi) is 7.46. The summed E-state index contributed by atoms with van der Waals surface area (Å²) in [7, 11) is 1.53. The summed E-state index contributed by atoms with van der Waals surface area (Å²) in [4.78, 5) is 23.7. The first kappa shape index (κ1) is 13.8. The van der Waals surface area contributed by atoms with E-state index in [0.717, 1.165) is 0 Å². The second-order valence-electron chi connectivity index (χ2n) is 2.71. The molecule has 15 heavy (non-hydrogen) atoms. The molecule has 0 unspecified atom stereocenters. The highest BCUT2D eigenvalue weighted by atomic mass is 32.2. The number of likely N-dealkylation sites (N-methyl/N-ethyl adjacent to an activating group) is 1. The molecule has 0 aliphatic rings. The van der Waals surface area contributed by atoms with Crippen LogP contribution >= 0.6 is 11.8 Å². The van der Waals surface area contributed by atoms with Gasteiger partial charge in [-0.05, 0) is 6.92 Å². The molecule has 0 aromatic rings. The molecular formula is C9H14N2O3S. The number of esters is 1. The molecule has 0 heterocycles. The standard InChI is InChI=1S/C9H14N2O3S/c1-3-14-9(13)6-11(2)8(12)7-15-5-4-10/h3,5-7H2,1-2H3. The van der Waals surface area contributed by atoms with Crippen LogP contribution in [-0.4, -0.2) is 48.5 Å². The average Bonchev–Trinajstić information content (AvgIpc) is 2.18. The van der Waals surface area contributed by atoms with E-state index in [0.29, 0.717) is 6.61 Å². The van der Waals surface area contributed by atoms with Gasteiger partial charge in [-0.15, -0.1) is 11.8 Å². The Morgan fingerprint density at radius 3 is 2.73 bits per heavy atom. The summed E-state index contributed by atoms with van der Waals surface area (Å²) in [5.41, 5.74) is 0. The minimum Gasteiger partial charge on any atom is -0.465 e. The third-order valence-electron chi connectivity index (χ3n) is 1.49. The van der Waals surface area contributed by atoms with Crippen LogP contribution < -0.4 is 0 Å². The third-order valence-corrected chi connectivity index (χ3v) is 2.27. The van der Waals surface area contributed by atoms with Gasteiger partial charge in [-0.25, -0.2) is 0 Å². The molecule has 0 aliphatic heterocycles. The second kappa shape index (κ2) is 8.12. The molecule has 0 aliphatic carbocycles. The van der Waals surface area contributed by atoms with Gasteiger partial charge in [-0.3, -0.25) is 9.59 Å². The lowest BCUT2D eigenvalue weighted by atomic mass is 10.5. The Morgan fingerprint density at radius 2 is 2.20 bits per heavy atom. The van der Waals surface area contributed by atoms with E-state index in [4.69, 9.17) is 10.00 Å². The predicted octanol–water partition coefficient (Wildman–Crippen LogP) is 0.265. The van der Waals surface area contributed by atoms with Gasteiger partial charge in [0, 0.05) is 7.05 Å². The maximum atomic E-state index is 11.3. The molecule has 0 N–H and O–H groups in total. The number of ether oxygens (including phenoxy) is 1. The quantitative estimate of drug-likeness (QED) is 0.483. The van der Waals surface area contributed by atoms with Crippen molar-refractivity contribution in [3.05, 3.63) is 0 Å². The van der Waals surface area contributed by atoms with Crippen LogP contribution in [0.2, 0.25) is 0 Å². The monoisotopic (exact) mass is 230 g/mol. The molecule has 0 atom stereocenters. The molecule has 0 saturated carbocycles. The Balaban J connectivity index is 3.79. The van der Waals surface area contributed by atoms with Crippen LogP contribution in [-0.2, 0) is 14.3 Å². The minimum atomic E-state index is -0.418. The molecule has 0 saturated heterocycles. The fourth-order valence-electron chi connectivity index (χ4n) is 0.783. The van der Waals surface area contributed by atoms with Crippen molar-refractivity contribution in [3.8, 4) is 6.07 Å². The van der Waals surface area contributed by atoms with Crippen LogP contribution in [0.1, 0.15) is 6.92 Å². The van der Waals surface area contributed by atoms with E-state index >= 15 is 0 Å². The SMILES string of the molecule is CCOC(=O)CN(C)C(=O)CSCC#N. The lowest BCUT2D eigenvalue weighted by Crippen LogP contribution is -2.34. The molecule has 1 amide bonds. The van der Waals surface area contributed by atoms with Gasteiger partial charge >= 0.3 is 5.97 Å². The maximum Gasteiger partial charge on any atom is 0.325 e. The molecule has 0 radical (unpaired) electrons. The number of nitriles is 1. The zero-order valence-electron chi connectivity index (χ0n) is 8.86. The lowest BCUT2D eigenvalue weighted by molar-refractivity contribution is -0.147. The molecule has 5 nitrogen and oxygen atoms in total. The van der Waals surface area contributed by atoms with Crippen LogP contribution in [0.5, 0.6) is 0 Å². The zero-order chi connectivity index (χ0) is 11.7. The third kappa shape index (κ3) is 6.80. The summed E-state index contributed by atoms with van der Waals surface area (Å²) in [6, 6.07) is 1.92. The van der Waals surface area contributed by atoms with Gasteiger partial charge in [0.2, 0.25) is 5.91 Å². The topological polar surface area (TPSA) is 70.4 Å². The first-order valence-electron chi connectivity index (χ1n) is 4.46. The molecule has 0 aromatic carbocycles. The smallest absolute Gasteiger partial charge is 0.325 e. The first-order chi connectivity index (χ1) is 7.11. The van der Waals surface area contributed by atoms with E-state index in [1.165, 1.54) is 23.7 Å². The van der Waals surface area contributed by atoms with E-state index in [9.17, 15) is 9.59 Å². The van der Waals surface area contributed by atoms with Gasteiger partial charge in [-0.1, -0.05) is 0 Å².